The zero-order chi connectivity index (χ0) is 21.1. The maximum Gasteiger partial charge on any atom is 0.309 e. The number of esters is 1. The summed E-state index contributed by atoms with van der Waals surface area (Å²) in [5, 5.41) is 6.28. The van der Waals surface area contributed by atoms with Gasteiger partial charge in [0.05, 0.1) is 30.3 Å². The summed E-state index contributed by atoms with van der Waals surface area (Å²) < 4.78 is 6.71. The van der Waals surface area contributed by atoms with E-state index in [9.17, 15) is 9.59 Å². The third kappa shape index (κ3) is 4.14. The van der Waals surface area contributed by atoms with Gasteiger partial charge in [-0.25, -0.2) is 4.68 Å². The van der Waals surface area contributed by atoms with Gasteiger partial charge in [0, 0.05) is 24.0 Å². The molecule has 2 aromatic carbocycles. The normalized spacial score (nSPS) is 15.4. The highest BCUT2D eigenvalue weighted by Crippen LogP contribution is 2.25. The van der Waals surface area contributed by atoms with E-state index in [2.05, 4.69) is 24.0 Å². The van der Waals surface area contributed by atoms with Crippen LogP contribution in [-0.4, -0.2) is 40.3 Å². The molecule has 30 heavy (non-hydrogen) atoms. The minimum Gasteiger partial charge on any atom is -0.466 e. The van der Waals surface area contributed by atoms with Crippen molar-refractivity contribution in [3.8, 4) is 11.3 Å². The number of piperidine rings is 1. The van der Waals surface area contributed by atoms with Crippen LogP contribution in [0, 0.1) is 12.8 Å². The first-order valence-electron chi connectivity index (χ1n) is 10.5. The highest BCUT2D eigenvalue weighted by molar-refractivity contribution is 5.93. The van der Waals surface area contributed by atoms with Crippen LogP contribution in [0.1, 0.15) is 25.3 Å². The molecule has 0 radical (unpaired) electrons. The Bertz CT molecular complexity index is 1100. The fraction of sp³-hybridized carbons (Fsp3) is 0.375. The molecule has 0 saturated carbocycles. The van der Waals surface area contributed by atoms with Crippen LogP contribution >= 0.6 is 0 Å². The van der Waals surface area contributed by atoms with Gasteiger partial charge in [-0.3, -0.25) is 14.5 Å². The van der Waals surface area contributed by atoms with E-state index in [1.165, 1.54) is 5.56 Å². The molecule has 1 saturated heterocycles. The average molecular weight is 405 g/mol. The number of hydrogen-bond donors (Lipinski definition) is 0. The van der Waals surface area contributed by atoms with Crippen LogP contribution < -0.4 is 5.56 Å². The summed E-state index contributed by atoms with van der Waals surface area (Å²) in [5.41, 5.74) is 2.90. The molecule has 0 aliphatic carbocycles. The molecule has 1 aliphatic rings. The van der Waals surface area contributed by atoms with Gasteiger partial charge in [-0.05, 0) is 32.8 Å². The lowest BCUT2D eigenvalue weighted by Gasteiger charge is -2.30. The van der Waals surface area contributed by atoms with Crippen LogP contribution in [-0.2, 0) is 16.2 Å². The second-order valence-electron chi connectivity index (χ2n) is 7.85. The number of benzene rings is 2. The first kappa shape index (κ1) is 20.3. The van der Waals surface area contributed by atoms with Crippen molar-refractivity contribution in [2.45, 2.75) is 33.4 Å². The van der Waals surface area contributed by atoms with Gasteiger partial charge in [-0.1, -0.05) is 48.0 Å². The van der Waals surface area contributed by atoms with Gasteiger partial charge in [-0.15, -0.1) is 0 Å². The van der Waals surface area contributed by atoms with Crippen molar-refractivity contribution in [2.24, 2.45) is 5.92 Å². The van der Waals surface area contributed by atoms with Gasteiger partial charge < -0.3 is 4.74 Å². The molecule has 0 N–H and O–H groups in total. The Hall–Kier alpha value is -2.99. The summed E-state index contributed by atoms with van der Waals surface area (Å²) in [7, 11) is 0. The average Bonchev–Trinajstić information content (AvgIpc) is 2.77. The number of carbonyl (C=O) groups is 1. The van der Waals surface area contributed by atoms with E-state index in [0.717, 1.165) is 42.6 Å². The largest absolute Gasteiger partial charge is 0.466 e. The highest BCUT2D eigenvalue weighted by atomic mass is 16.5. The number of ether oxygens (including phenoxy) is 1. The lowest BCUT2D eigenvalue weighted by Crippen LogP contribution is -2.40. The summed E-state index contributed by atoms with van der Waals surface area (Å²) >= 11 is 0. The maximum atomic E-state index is 13.1. The van der Waals surface area contributed by atoms with Crippen LogP contribution in [0.2, 0.25) is 0 Å². The molecule has 1 fully saturated rings. The number of fused-ring (bicyclic) bond motifs is 1. The molecule has 0 bridgehead atoms. The molecular weight excluding hydrogens is 378 g/mol. The first-order chi connectivity index (χ1) is 14.6. The van der Waals surface area contributed by atoms with Crippen molar-refractivity contribution < 1.29 is 9.53 Å². The third-order valence-electron chi connectivity index (χ3n) is 5.73. The molecule has 0 amide bonds. The lowest BCUT2D eigenvalue weighted by atomic mass is 9.97. The molecule has 0 spiro atoms. The van der Waals surface area contributed by atoms with E-state index < -0.39 is 0 Å². The SMILES string of the molecule is CCOC(=O)C1CCN(Cn2nc(-c3ccc(C)cc3)c3ccccc3c2=O)CC1. The van der Waals surface area contributed by atoms with Crippen LogP contribution in [0.5, 0.6) is 0 Å². The van der Waals surface area contributed by atoms with E-state index in [0.29, 0.717) is 18.7 Å². The molecule has 1 aromatic heterocycles. The molecule has 3 aromatic rings. The van der Waals surface area contributed by atoms with Crippen molar-refractivity contribution in [2.75, 3.05) is 19.7 Å². The predicted octanol–water partition coefficient (Wildman–Crippen LogP) is 3.60. The van der Waals surface area contributed by atoms with Crippen LogP contribution in [0.25, 0.3) is 22.0 Å². The number of hydrogen-bond acceptors (Lipinski definition) is 5. The zero-order valence-corrected chi connectivity index (χ0v) is 17.5. The molecule has 6 nitrogen and oxygen atoms in total. The number of likely N-dealkylation sites (tertiary alicyclic amines) is 1. The Labute approximate surface area is 176 Å². The quantitative estimate of drug-likeness (QED) is 0.607. The van der Waals surface area contributed by atoms with Crippen LogP contribution in [0.15, 0.2) is 53.3 Å². The number of rotatable bonds is 5. The summed E-state index contributed by atoms with van der Waals surface area (Å²) in [6.45, 7) is 6.19. The second kappa shape index (κ2) is 8.79. The van der Waals surface area contributed by atoms with Crippen molar-refractivity contribution in [3.05, 3.63) is 64.4 Å². The van der Waals surface area contributed by atoms with E-state index in [1.54, 1.807) is 4.68 Å². The monoisotopic (exact) mass is 405 g/mol. The van der Waals surface area contributed by atoms with E-state index in [-0.39, 0.29) is 17.4 Å². The van der Waals surface area contributed by atoms with Crippen molar-refractivity contribution in [1.29, 1.82) is 0 Å². The van der Waals surface area contributed by atoms with Crippen molar-refractivity contribution in [1.82, 2.24) is 14.7 Å². The Morgan fingerprint density at radius 2 is 1.73 bits per heavy atom. The van der Waals surface area contributed by atoms with Gasteiger partial charge in [0.1, 0.15) is 0 Å². The van der Waals surface area contributed by atoms with E-state index in [1.807, 2.05) is 43.3 Å². The highest BCUT2D eigenvalue weighted by Gasteiger charge is 2.26. The number of aryl methyl sites for hydroxylation is 1. The van der Waals surface area contributed by atoms with Gasteiger partial charge in [0.2, 0.25) is 0 Å². The summed E-state index contributed by atoms with van der Waals surface area (Å²) in [6.07, 6.45) is 1.48. The maximum absolute atomic E-state index is 13.1. The molecule has 6 heteroatoms. The molecule has 1 aliphatic heterocycles. The van der Waals surface area contributed by atoms with E-state index in [4.69, 9.17) is 9.84 Å². The molecule has 156 valence electrons. The van der Waals surface area contributed by atoms with Crippen LogP contribution in [0.4, 0.5) is 0 Å². The Morgan fingerprint density at radius 3 is 2.40 bits per heavy atom. The Balaban J connectivity index is 1.62. The molecule has 2 heterocycles. The minimum absolute atomic E-state index is 0.0504. The standard InChI is InChI=1S/C24H27N3O3/c1-3-30-24(29)19-12-14-26(15-13-19)16-27-23(28)21-7-5-4-6-20(21)22(25-27)18-10-8-17(2)9-11-18/h4-11,19H,3,12-16H2,1-2H3. The number of carbonyl (C=O) groups excluding carboxylic acids is 1. The lowest BCUT2D eigenvalue weighted by molar-refractivity contribution is -0.149. The van der Waals surface area contributed by atoms with Gasteiger partial charge in [-0.2, -0.15) is 5.10 Å². The van der Waals surface area contributed by atoms with Crippen molar-refractivity contribution >= 4 is 16.7 Å². The first-order valence-corrected chi connectivity index (χ1v) is 10.5. The Morgan fingerprint density at radius 1 is 1.07 bits per heavy atom. The molecule has 4 rings (SSSR count). The summed E-state index contributed by atoms with van der Waals surface area (Å²) in [6, 6.07) is 15.8. The minimum atomic E-state index is -0.111. The van der Waals surface area contributed by atoms with Gasteiger partial charge >= 0.3 is 5.97 Å². The topological polar surface area (TPSA) is 64.4 Å². The summed E-state index contributed by atoms with van der Waals surface area (Å²) in [5.74, 6) is -0.162. The third-order valence-corrected chi connectivity index (χ3v) is 5.73. The fourth-order valence-corrected chi connectivity index (χ4v) is 4.02. The summed E-state index contributed by atoms with van der Waals surface area (Å²) in [4.78, 5) is 27.3. The smallest absolute Gasteiger partial charge is 0.309 e. The second-order valence-corrected chi connectivity index (χ2v) is 7.85. The van der Waals surface area contributed by atoms with Gasteiger partial charge in [0.25, 0.3) is 5.56 Å². The fourth-order valence-electron chi connectivity index (χ4n) is 4.02. The Kier molecular flexibility index (Phi) is 5.95. The van der Waals surface area contributed by atoms with Crippen LogP contribution in [0.3, 0.4) is 0 Å². The van der Waals surface area contributed by atoms with Gasteiger partial charge in [0.15, 0.2) is 0 Å². The van der Waals surface area contributed by atoms with Crippen molar-refractivity contribution in [3.63, 3.8) is 0 Å². The number of aromatic nitrogens is 2. The zero-order valence-electron chi connectivity index (χ0n) is 17.5. The molecule has 0 unspecified atom stereocenters. The number of nitrogens with zero attached hydrogens (tertiary/aromatic N) is 3. The molecular formula is C24H27N3O3. The molecule has 0 atom stereocenters. The predicted molar refractivity (Wildman–Crippen MR) is 117 cm³/mol. The van der Waals surface area contributed by atoms with E-state index >= 15 is 0 Å².